The fraction of sp³-hybridized carbons (Fsp3) is 0.417. The predicted octanol–water partition coefficient (Wildman–Crippen LogP) is 0.900. The van der Waals surface area contributed by atoms with Gasteiger partial charge in [-0.25, -0.2) is 8.42 Å². The summed E-state index contributed by atoms with van der Waals surface area (Å²) in [4.78, 5) is 10.9. The van der Waals surface area contributed by atoms with Crippen molar-refractivity contribution in [2.45, 2.75) is 18.4 Å². The van der Waals surface area contributed by atoms with Gasteiger partial charge in [-0.3, -0.25) is 4.79 Å². The molecule has 0 radical (unpaired) electrons. The molecular weight excluding hydrogens is 254 g/mol. The van der Waals surface area contributed by atoms with E-state index in [-0.39, 0.29) is 4.90 Å². The zero-order valence-electron chi connectivity index (χ0n) is 10.4. The number of carbonyl (C=O) groups is 1. The summed E-state index contributed by atoms with van der Waals surface area (Å²) in [5.41, 5.74) is 0.917. The highest BCUT2D eigenvalue weighted by atomic mass is 32.2. The van der Waals surface area contributed by atoms with Gasteiger partial charge in [-0.1, -0.05) is 19.1 Å². The number of benzene rings is 1. The number of hydrogen-bond acceptors (Lipinski definition) is 4. The topological polar surface area (TPSA) is 83.5 Å². The van der Waals surface area contributed by atoms with Gasteiger partial charge in [0.05, 0.1) is 10.8 Å². The quantitative estimate of drug-likeness (QED) is 0.803. The molecule has 1 rings (SSSR count). The summed E-state index contributed by atoms with van der Waals surface area (Å²) >= 11 is 0. The first kappa shape index (κ1) is 14.7. The van der Waals surface area contributed by atoms with Crippen LogP contribution in [0.4, 0.5) is 0 Å². The molecule has 1 aromatic rings. The Hall–Kier alpha value is -1.40. The second-order valence-electron chi connectivity index (χ2n) is 4.29. The van der Waals surface area contributed by atoms with Crippen molar-refractivity contribution in [3.05, 3.63) is 29.8 Å². The van der Waals surface area contributed by atoms with Gasteiger partial charge >= 0.3 is 5.97 Å². The average Bonchev–Trinajstić information content (AvgIpc) is 2.28. The van der Waals surface area contributed by atoms with Crippen LogP contribution in [0.2, 0.25) is 0 Å². The van der Waals surface area contributed by atoms with Gasteiger partial charge in [0.15, 0.2) is 9.84 Å². The first-order valence-corrected chi connectivity index (χ1v) is 7.42. The van der Waals surface area contributed by atoms with Gasteiger partial charge < -0.3 is 10.4 Å². The lowest BCUT2D eigenvalue weighted by molar-refractivity contribution is -0.140. The van der Waals surface area contributed by atoms with E-state index in [0.29, 0.717) is 13.1 Å². The fourth-order valence-corrected chi connectivity index (χ4v) is 2.01. The maximum atomic E-state index is 11.2. The molecule has 1 aromatic carbocycles. The number of rotatable bonds is 6. The van der Waals surface area contributed by atoms with Gasteiger partial charge in [-0.2, -0.15) is 0 Å². The first-order valence-electron chi connectivity index (χ1n) is 5.53. The minimum absolute atomic E-state index is 0.283. The molecule has 0 saturated heterocycles. The standard InChI is InChI=1S/C12H17NO4S/c1-9(12(14)15)7-13-8-10-3-5-11(6-4-10)18(2,16)17/h3-6,9,13H,7-8H2,1-2H3,(H,14,15). The third-order valence-corrected chi connectivity index (χ3v) is 3.68. The number of nitrogens with one attached hydrogen (secondary N) is 1. The molecule has 2 N–H and O–H groups in total. The first-order chi connectivity index (χ1) is 8.30. The van der Waals surface area contributed by atoms with Crippen molar-refractivity contribution in [1.29, 1.82) is 0 Å². The number of aliphatic carboxylic acids is 1. The molecule has 1 atom stereocenters. The van der Waals surface area contributed by atoms with E-state index in [1.807, 2.05) is 0 Å². The molecule has 0 heterocycles. The van der Waals surface area contributed by atoms with Crippen LogP contribution in [0.3, 0.4) is 0 Å². The van der Waals surface area contributed by atoms with Crippen molar-refractivity contribution >= 4 is 15.8 Å². The van der Waals surface area contributed by atoms with Crippen LogP contribution in [-0.2, 0) is 21.2 Å². The molecule has 5 nitrogen and oxygen atoms in total. The second kappa shape index (κ2) is 5.97. The smallest absolute Gasteiger partial charge is 0.307 e. The summed E-state index contributed by atoms with van der Waals surface area (Å²) in [5, 5.41) is 11.7. The Morgan fingerprint density at radius 1 is 1.33 bits per heavy atom. The van der Waals surface area contributed by atoms with Crippen molar-refractivity contribution in [2.75, 3.05) is 12.8 Å². The van der Waals surface area contributed by atoms with E-state index < -0.39 is 21.7 Å². The fourth-order valence-electron chi connectivity index (χ4n) is 1.37. The number of carboxylic acids is 1. The predicted molar refractivity (Wildman–Crippen MR) is 68.1 cm³/mol. The summed E-state index contributed by atoms with van der Waals surface area (Å²) in [7, 11) is -3.16. The Morgan fingerprint density at radius 3 is 2.33 bits per heavy atom. The van der Waals surface area contributed by atoms with Crippen LogP contribution in [0.1, 0.15) is 12.5 Å². The molecule has 0 fully saturated rings. The van der Waals surface area contributed by atoms with E-state index in [4.69, 9.17) is 5.11 Å². The molecule has 0 spiro atoms. The van der Waals surface area contributed by atoms with Gasteiger partial charge in [-0.05, 0) is 17.7 Å². The van der Waals surface area contributed by atoms with Gasteiger partial charge in [0.1, 0.15) is 0 Å². The highest BCUT2D eigenvalue weighted by Crippen LogP contribution is 2.10. The molecular formula is C12H17NO4S. The monoisotopic (exact) mass is 271 g/mol. The van der Waals surface area contributed by atoms with Crippen molar-refractivity contribution < 1.29 is 18.3 Å². The molecule has 100 valence electrons. The Balaban J connectivity index is 2.52. The highest BCUT2D eigenvalue weighted by molar-refractivity contribution is 7.90. The van der Waals surface area contributed by atoms with Crippen LogP contribution in [0.25, 0.3) is 0 Å². The molecule has 0 aliphatic carbocycles. The van der Waals surface area contributed by atoms with E-state index in [0.717, 1.165) is 11.8 Å². The van der Waals surface area contributed by atoms with Crippen LogP contribution in [-0.4, -0.2) is 32.3 Å². The van der Waals surface area contributed by atoms with Crippen LogP contribution in [0, 0.1) is 5.92 Å². The summed E-state index contributed by atoms with van der Waals surface area (Å²) in [6.07, 6.45) is 1.16. The van der Waals surface area contributed by atoms with Gasteiger partial charge in [-0.15, -0.1) is 0 Å². The lowest BCUT2D eigenvalue weighted by Gasteiger charge is -2.08. The van der Waals surface area contributed by atoms with E-state index in [9.17, 15) is 13.2 Å². The van der Waals surface area contributed by atoms with E-state index in [1.54, 1.807) is 31.2 Å². The van der Waals surface area contributed by atoms with E-state index in [2.05, 4.69) is 5.32 Å². The number of hydrogen-bond donors (Lipinski definition) is 2. The number of carboxylic acid groups (broad SMARTS) is 1. The van der Waals surface area contributed by atoms with Crippen molar-refractivity contribution in [2.24, 2.45) is 5.92 Å². The lowest BCUT2D eigenvalue weighted by Crippen LogP contribution is -2.25. The largest absolute Gasteiger partial charge is 0.481 e. The maximum Gasteiger partial charge on any atom is 0.307 e. The Morgan fingerprint density at radius 2 is 1.89 bits per heavy atom. The lowest BCUT2D eigenvalue weighted by atomic mass is 10.1. The third-order valence-electron chi connectivity index (χ3n) is 2.55. The summed E-state index contributed by atoms with van der Waals surface area (Å²) in [5.74, 6) is -1.28. The van der Waals surface area contributed by atoms with E-state index >= 15 is 0 Å². The van der Waals surface area contributed by atoms with Gasteiger partial charge in [0, 0.05) is 19.3 Å². The Bertz CT molecular complexity index is 507. The zero-order chi connectivity index (χ0) is 13.8. The summed E-state index contributed by atoms with van der Waals surface area (Å²) < 4.78 is 22.5. The molecule has 6 heteroatoms. The molecule has 0 aliphatic heterocycles. The summed E-state index contributed by atoms with van der Waals surface area (Å²) in [6, 6.07) is 6.53. The molecule has 1 unspecified atom stereocenters. The Labute approximate surface area is 107 Å². The third kappa shape index (κ3) is 4.46. The van der Waals surface area contributed by atoms with E-state index in [1.165, 1.54) is 0 Å². The SMILES string of the molecule is CC(CNCc1ccc(S(C)(=O)=O)cc1)C(=O)O. The Kier molecular flexibility index (Phi) is 4.86. The van der Waals surface area contributed by atoms with Crippen LogP contribution in [0.5, 0.6) is 0 Å². The molecule has 0 aromatic heterocycles. The van der Waals surface area contributed by atoms with Gasteiger partial charge in [0.2, 0.25) is 0 Å². The second-order valence-corrected chi connectivity index (χ2v) is 6.30. The maximum absolute atomic E-state index is 11.2. The molecule has 0 aliphatic rings. The van der Waals surface area contributed by atoms with Crippen molar-refractivity contribution in [1.82, 2.24) is 5.32 Å². The van der Waals surface area contributed by atoms with Crippen LogP contribution < -0.4 is 5.32 Å². The normalized spacial score (nSPS) is 13.2. The van der Waals surface area contributed by atoms with Crippen molar-refractivity contribution in [3.63, 3.8) is 0 Å². The van der Waals surface area contributed by atoms with Crippen LogP contribution >= 0.6 is 0 Å². The zero-order valence-corrected chi connectivity index (χ0v) is 11.2. The average molecular weight is 271 g/mol. The van der Waals surface area contributed by atoms with Crippen molar-refractivity contribution in [3.8, 4) is 0 Å². The molecule has 18 heavy (non-hydrogen) atoms. The van der Waals surface area contributed by atoms with Gasteiger partial charge in [0.25, 0.3) is 0 Å². The van der Waals surface area contributed by atoms with Crippen LogP contribution in [0.15, 0.2) is 29.2 Å². The summed E-state index contributed by atoms with van der Waals surface area (Å²) in [6.45, 7) is 2.52. The minimum atomic E-state index is -3.16. The number of sulfone groups is 1. The molecule has 0 amide bonds. The highest BCUT2D eigenvalue weighted by Gasteiger charge is 2.10. The minimum Gasteiger partial charge on any atom is -0.481 e. The molecule has 0 bridgehead atoms. The molecule has 0 saturated carbocycles.